The Bertz CT molecular complexity index is 60.7. The van der Waals surface area contributed by atoms with Crippen molar-refractivity contribution in [2.45, 2.75) is 0 Å². The number of carbonyl (C=O) groups is 1. The Kier molecular flexibility index (Phi) is 1.60. The van der Waals surface area contributed by atoms with Crippen molar-refractivity contribution in [3.8, 4) is 0 Å². The van der Waals surface area contributed by atoms with Gasteiger partial charge in [0, 0.05) is 12.4 Å². The van der Waals surface area contributed by atoms with Gasteiger partial charge in [0.15, 0.2) is 0 Å². The first-order valence-corrected chi connectivity index (χ1v) is 1.20. The van der Waals surface area contributed by atoms with E-state index >= 15 is 0 Å². The van der Waals surface area contributed by atoms with Crippen LogP contribution in [0.25, 0.3) is 0 Å². The van der Waals surface area contributed by atoms with Gasteiger partial charge in [-0.25, -0.2) is 4.79 Å². The highest BCUT2D eigenvalue weighted by Gasteiger charge is 1.77. The topological polar surface area (TPSA) is 49.7 Å². The van der Waals surface area contributed by atoms with Crippen molar-refractivity contribution in [1.82, 2.24) is 0 Å². The Labute approximate surface area is 33.8 Å². The second-order valence-corrected chi connectivity index (χ2v) is 0.556. The maximum Gasteiger partial charge on any atom is 0.442 e. The maximum atomic E-state index is 9.10. The van der Waals surface area contributed by atoms with Crippen LogP contribution in [0.2, 0.25) is 0 Å². The number of hydrogen-bond donors (Lipinski definition) is 1. The van der Waals surface area contributed by atoms with Crippen molar-refractivity contribution in [3.63, 3.8) is 0 Å². The Hall–Kier alpha value is -0.510. The molecule has 0 saturated carbocycles. The molecule has 0 radical (unpaired) electrons. The second kappa shape index (κ2) is 1.78. The van der Waals surface area contributed by atoms with E-state index in [9.17, 15) is 0 Å². The number of rotatable bonds is 0. The van der Waals surface area contributed by atoms with Gasteiger partial charge < -0.3 is 5.11 Å². The molecule has 0 aromatic heterocycles. The third-order valence-electron chi connectivity index (χ3n) is 0.0781. The summed E-state index contributed by atoms with van der Waals surface area (Å²) in [4.78, 5) is 9.10. The summed E-state index contributed by atoms with van der Waals surface area (Å²) in [5, 5.41) is 7.45. The summed E-state index contributed by atoms with van der Waals surface area (Å²) in [5.74, 6) is 0. The van der Waals surface area contributed by atoms with Crippen molar-refractivity contribution >= 4 is 18.5 Å². The molecule has 5 heavy (non-hydrogen) atoms. The van der Waals surface area contributed by atoms with Crippen LogP contribution in [-0.4, -0.2) is 11.2 Å². The van der Waals surface area contributed by atoms with Crippen molar-refractivity contribution in [1.29, 1.82) is 0 Å². The Morgan fingerprint density at radius 1 is 2.00 bits per heavy atom. The van der Waals surface area contributed by atoms with Crippen LogP contribution in [0.3, 0.4) is 0 Å². The highest BCUT2D eigenvalue weighted by Crippen LogP contribution is 1.60. The molecule has 0 aromatic carbocycles. The van der Waals surface area contributed by atoms with Gasteiger partial charge in [-0.05, 0) is 0 Å². The van der Waals surface area contributed by atoms with Crippen LogP contribution < -0.4 is 0 Å². The van der Waals surface area contributed by atoms with Gasteiger partial charge in [0.1, 0.15) is 0 Å². The van der Waals surface area contributed by atoms with Gasteiger partial charge in [-0.15, -0.1) is 4.36 Å². The summed E-state index contributed by atoms with van der Waals surface area (Å²) in [5.41, 5.74) is 0. The smallest absolute Gasteiger partial charge is 0.442 e. The van der Waals surface area contributed by atoms with Gasteiger partial charge >= 0.3 is 6.09 Å². The molecule has 4 heteroatoms. The highest BCUT2D eigenvalue weighted by molar-refractivity contribution is 7.47. The highest BCUT2D eigenvalue weighted by atomic mass is 32.1. The van der Waals surface area contributed by atoms with Crippen LogP contribution in [0, 0.1) is 0 Å². The largest absolute Gasteiger partial charge is 0.463 e. The van der Waals surface area contributed by atoms with Crippen molar-refractivity contribution < 1.29 is 9.90 Å². The molecule has 0 fully saturated rings. The Morgan fingerprint density at radius 2 is 2.20 bits per heavy atom. The molecule has 0 spiro atoms. The molecule has 0 aliphatic carbocycles. The normalized spacial score (nSPS) is 6.40. The first-order valence-electron chi connectivity index (χ1n) is 0.834. The van der Waals surface area contributed by atoms with Crippen LogP contribution in [0.5, 0.6) is 0 Å². The van der Waals surface area contributed by atoms with E-state index in [0.29, 0.717) is 0 Å². The molecule has 1 N–H and O–H groups in total. The Morgan fingerprint density at radius 3 is 2.20 bits per heavy atom. The standard InChI is InChI=1S/CHNO2S/c3-1(4)2-5/h(H,3,4). The third kappa shape index (κ3) is 3.49. The molecule has 0 aliphatic heterocycles. The van der Waals surface area contributed by atoms with Gasteiger partial charge in [0.25, 0.3) is 0 Å². The summed E-state index contributed by atoms with van der Waals surface area (Å²) < 4.78 is 2.39. The maximum absolute atomic E-state index is 9.10. The van der Waals surface area contributed by atoms with Crippen molar-refractivity contribution in [3.05, 3.63) is 0 Å². The monoisotopic (exact) mass is 91.0 g/mol. The van der Waals surface area contributed by atoms with E-state index in [0.717, 1.165) is 0 Å². The number of hydrogen-bond acceptors (Lipinski definition) is 2. The van der Waals surface area contributed by atoms with Gasteiger partial charge in [-0.2, -0.15) is 0 Å². The fraction of sp³-hybridized carbons (Fsp3) is 0. The molecular formula is CHNO2S. The minimum absolute atomic E-state index is 1.31. The lowest BCUT2D eigenvalue weighted by molar-refractivity contribution is 0.206. The predicted octanol–water partition coefficient (Wildman–Crippen LogP) is 0.395. The molecule has 0 aliphatic rings. The fourth-order valence-corrected chi connectivity index (χ4v) is 0. The zero-order chi connectivity index (χ0) is 4.28. The van der Waals surface area contributed by atoms with Crippen LogP contribution >= 0.6 is 0 Å². The average molecular weight is 91.1 g/mol. The summed E-state index contributed by atoms with van der Waals surface area (Å²) >= 11 is 3.70. The van der Waals surface area contributed by atoms with Crippen LogP contribution in [0.15, 0.2) is 4.36 Å². The molecular weight excluding hydrogens is 90.1 g/mol. The lowest BCUT2D eigenvalue weighted by atomic mass is 11.3. The summed E-state index contributed by atoms with van der Waals surface area (Å²) in [7, 11) is 0. The van der Waals surface area contributed by atoms with E-state index in [1.54, 1.807) is 0 Å². The summed E-state index contributed by atoms with van der Waals surface area (Å²) in [6.45, 7) is 0. The number of nitrogens with zero attached hydrogens (tertiary/aromatic N) is 1. The lowest BCUT2D eigenvalue weighted by Crippen LogP contribution is -1.77. The van der Waals surface area contributed by atoms with E-state index in [2.05, 4.69) is 16.8 Å². The van der Waals surface area contributed by atoms with Gasteiger partial charge in [0.05, 0.1) is 0 Å². The van der Waals surface area contributed by atoms with E-state index in [1.807, 2.05) is 0 Å². The minimum atomic E-state index is -1.31. The van der Waals surface area contributed by atoms with Crippen molar-refractivity contribution in [2.24, 2.45) is 4.36 Å². The molecule has 28 valence electrons. The SMILES string of the molecule is O=C(O)N=S. The molecule has 0 saturated heterocycles. The second-order valence-electron chi connectivity index (χ2n) is 0.374. The molecule has 0 heterocycles. The summed E-state index contributed by atoms with van der Waals surface area (Å²) in [6, 6.07) is 0. The number of amides is 1. The Balaban J connectivity index is 3.20. The lowest BCUT2D eigenvalue weighted by Gasteiger charge is -1.61. The quantitative estimate of drug-likeness (QED) is 0.469. The van der Waals surface area contributed by atoms with E-state index in [1.165, 1.54) is 0 Å². The zero-order valence-electron chi connectivity index (χ0n) is 2.21. The molecule has 0 unspecified atom stereocenters. The summed E-state index contributed by atoms with van der Waals surface area (Å²) in [6.07, 6.45) is -1.31. The molecule has 3 nitrogen and oxygen atoms in total. The van der Waals surface area contributed by atoms with Crippen molar-refractivity contribution in [2.75, 3.05) is 0 Å². The predicted molar refractivity (Wildman–Crippen MR) is 17.8 cm³/mol. The molecule has 0 bridgehead atoms. The average Bonchev–Trinajstić information content (AvgIpc) is 1.38. The minimum Gasteiger partial charge on any atom is -0.463 e. The van der Waals surface area contributed by atoms with Crippen LogP contribution in [-0.2, 0) is 12.4 Å². The third-order valence-corrected chi connectivity index (χ3v) is 0.234. The molecule has 1 amide bonds. The molecule has 0 aromatic rings. The molecule has 0 rings (SSSR count). The van der Waals surface area contributed by atoms with Crippen LogP contribution in [0.4, 0.5) is 4.79 Å². The number of carboxylic acid groups (broad SMARTS) is 1. The van der Waals surface area contributed by atoms with Gasteiger partial charge in [0.2, 0.25) is 0 Å². The van der Waals surface area contributed by atoms with E-state index in [4.69, 9.17) is 9.90 Å². The van der Waals surface area contributed by atoms with E-state index < -0.39 is 6.09 Å². The molecule has 0 atom stereocenters. The van der Waals surface area contributed by atoms with Crippen LogP contribution in [0.1, 0.15) is 0 Å². The van der Waals surface area contributed by atoms with Gasteiger partial charge in [-0.1, -0.05) is 0 Å². The van der Waals surface area contributed by atoms with Gasteiger partial charge in [-0.3, -0.25) is 0 Å². The fourth-order valence-electron chi connectivity index (χ4n) is 0. The zero-order valence-corrected chi connectivity index (χ0v) is 3.03. The first-order chi connectivity index (χ1) is 2.27. The first kappa shape index (κ1) is 4.49. The van der Waals surface area contributed by atoms with E-state index in [-0.39, 0.29) is 0 Å².